The van der Waals surface area contributed by atoms with Crippen LogP contribution in [0.4, 0.5) is 11.5 Å². The van der Waals surface area contributed by atoms with Crippen molar-refractivity contribution in [2.75, 3.05) is 218 Å². The Morgan fingerprint density at radius 1 is 0.653 bits per heavy atom. The highest BCUT2D eigenvalue weighted by atomic mass is 16.6. The maximum atomic E-state index is 13.3. The first-order chi connectivity index (χ1) is 35.2. The molecule has 0 spiro atoms. The van der Waals surface area contributed by atoms with Gasteiger partial charge in [0.1, 0.15) is 34.1 Å². The lowest BCUT2D eigenvalue weighted by Crippen LogP contribution is -2.58. The zero-order valence-electron chi connectivity index (χ0n) is 44.0. The van der Waals surface area contributed by atoms with Crippen molar-refractivity contribution < 1.29 is 66.4 Å². The van der Waals surface area contributed by atoms with Crippen LogP contribution in [0.2, 0.25) is 0 Å². The summed E-state index contributed by atoms with van der Waals surface area (Å²) in [6.45, 7) is 19.7. The number of quaternary nitrogens is 1. The summed E-state index contributed by atoms with van der Waals surface area (Å²) in [5.41, 5.74) is 10.2. The molecule has 0 aliphatic carbocycles. The highest BCUT2D eigenvalue weighted by molar-refractivity contribution is 6.07. The van der Waals surface area contributed by atoms with Gasteiger partial charge in [-0.25, -0.2) is 9.97 Å². The number of nitrogen functional groups attached to an aromatic ring is 1. The average molecular weight is 1020 g/mol. The number of piperazine rings is 1. The molecular weight excluding hydrogens is 935 g/mol. The standard InChI is InChI=1S/C51H88N7O14/c1-5-6-7-47-54-49-45-42-44(8-9-46(45)53-51(52)50(49)55-47)58(3)17-12-56(13-18-58)14-21-64-22-15-57(48(60)11-20-63-27-29-66-25-24-61-4)16-23-65-28-31-68-33-35-70-37-39-72-41-40-71-38-36-69-34-32-67-30-26-62-19-10-43(2)59/h8-9,42H,5-7,10-41H2,1-4H3,(H2,52,53)(H,54,55)/q+1. The number of nitrogens with two attached hydrogens (primary N) is 1. The van der Waals surface area contributed by atoms with Gasteiger partial charge >= 0.3 is 0 Å². The number of aromatic nitrogens is 3. The molecule has 4 rings (SSSR count). The molecule has 0 atom stereocenters. The molecular formula is C51H88N7O14+. The first-order valence-electron chi connectivity index (χ1n) is 26.0. The maximum Gasteiger partial charge on any atom is 0.225 e. The molecule has 1 fully saturated rings. The van der Waals surface area contributed by atoms with Crippen molar-refractivity contribution in [1.82, 2.24) is 29.2 Å². The molecule has 3 aromatic rings. The summed E-state index contributed by atoms with van der Waals surface area (Å²) in [4.78, 5) is 41.4. The van der Waals surface area contributed by atoms with Crippen molar-refractivity contribution in [3.63, 3.8) is 0 Å². The highest BCUT2D eigenvalue weighted by Gasteiger charge is 2.31. The van der Waals surface area contributed by atoms with Gasteiger partial charge in [-0.15, -0.1) is 0 Å². The number of nitrogens with zero attached hydrogens (tertiary/aromatic N) is 5. The van der Waals surface area contributed by atoms with E-state index in [1.165, 1.54) is 5.69 Å². The molecule has 1 saturated heterocycles. The number of Topliss-reactive ketones (excluding diaryl/α,β-unsaturated/α-hetero) is 1. The smallest absolute Gasteiger partial charge is 0.225 e. The normalized spacial score (nSPS) is 14.0. The number of pyridine rings is 1. The first-order valence-corrected chi connectivity index (χ1v) is 26.0. The second kappa shape index (κ2) is 38.1. The number of rotatable bonds is 46. The predicted molar refractivity (Wildman–Crippen MR) is 276 cm³/mol. The fraction of sp³-hybridized carbons (Fsp3) is 0.765. The second-order valence-electron chi connectivity index (χ2n) is 17.7. The number of likely N-dealkylation sites (N-methyl/N-ethyl adjacent to an activating group) is 1. The van der Waals surface area contributed by atoms with Crippen LogP contribution in [0.15, 0.2) is 18.2 Å². The summed E-state index contributed by atoms with van der Waals surface area (Å²) in [6, 6.07) is 6.51. The third-order valence-electron chi connectivity index (χ3n) is 12.1. The molecule has 1 amide bonds. The first kappa shape index (κ1) is 61.0. The van der Waals surface area contributed by atoms with Gasteiger partial charge in [0.2, 0.25) is 5.91 Å². The van der Waals surface area contributed by atoms with E-state index in [4.69, 9.17) is 72.5 Å². The van der Waals surface area contributed by atoms with Crippen molar-refractivity contribution in [3.05, 3.63) is 24.0 Å². The number of ether oxygens (including phenoxy) is 12. The summed E-state index contributed by atoms with van der Waals surface area (Å²) in [5.74, 6) is 1.55. The van der Waals surface area contributed by atoms with Crippen LogP contribution in [-0.2, 0) is 72.9 Å². The lowest BCUT2D eigenvalue weighted by molar-refractivity contribution is -0.134. The van der Waals surface area contributed by atoms with Gasteiger partial charge in [-0.2, -0.15) is 0 Å². The van der Waals surface area contributed by atoms with E-state index in [9.17, 15) is 9.59 Å². The summed E-state index contributed by atoms with van der Waals surface area (Å²) in [7, 11) is 3.93. The van der Waals surface area contributed by atoms with Gasteiger partial charge in [-0.1, -0.05) is 13.3 Å². The molecule has 0 unspecified atom stereocenters. The quantitative estimate of drug-likeness (QED) is 0.0613. The Morgan fingerprint density at radius 3 is 1.62 bits per heavy atom. The summed E-state index contributed by atoms with van der Waals surface area (Å²) >= 11 is 0. The van der Waals surface area contributed by atoms with Gasteiger partial charge in [-0.3, -0.25) is 19.0 Å². The topological polar surface area (TPSA) is 219 Å². The number of fused-ring (bicyclic) bond motifs is 3. The van der Waals surface area contributed by atoms with E-state index in [1.54, 1.807) is 18.9 Å². The van der Waals surface area contributed by atoms with Crippen molar-refractivity contribution in [2.45, 2.75) is 46.0 Å². The Kier molecular flexibility index (Phi) is 32.3. The zero-order valence-corrected chi connectivity index (χ0v) is 44.0. The number of hydrogen-bond acceptors (Lipinski definition) is 18. The van der Waals surface area contributed by atoms with Crippen LogP contribution in [0.1, 0.15) is 45.4 Å². The number of unbranched alkanes of at least 4 members (excludes halogenated alkanes) is 1. The summed E-state index contributed by atoms with van der Waals surface area (Å²) < 4.78 is 67.4. The Labute approximate surface area is 427 Å². The van der Waals surface area contributed by atoms with Gasteiger partial charge in [0.25, 0.3) is 0 Å². The van der Waals surface area contributed by atoms with Gasteiger partial charge in [-0.05, 0) is 19.4 Å². The molecule has 21 nitrogen and oxygen atoms in total. The summed E-state index contributed by atoms with van der Waals surface area (Å²) in [6.07, 6.45) is 3.75. The van der Waals surface area contributed by atoms with Gasteiger partial charge in [0.15, 0.2) is 0 Å². The molecule has 1 aromatic carbocycles. The van der Waals surface area contributed by atoms with Gasteiger partial charge in [0, 0.05) is 70.2 Å². The molecule has 0 bridgehead atoms. The van der Waals surface area contributed by atoms with Crippen LogP contribution >= 0.6 is 0 Å². The number of H-pyrrole nitrogens is 1. The second-order valence-corrected chi connectivity index (χ2v) is 17.7. The van der Waals surface area contributed by atoms with Crippen molar-refractivity contribution in [2.24, 2.45) is 0 Å². The molecule has 3 N–H and O–H groups in total. The Balaban J connectivity index is 1.03. The third kappa shape index (κ3) is 25.1. The summed E-state index contributed by atoms with van der Waals surface area (Å²) in [5, 5.41) is 1.03. The van der Waals surface area contributed by atoms with Crippen molar-refractivity contribution in [3.8, 4) is 0 Å². The SMILES string of the molecule is CCCCc1nc2c([nH]1)c(N)nc1ccc([N+]3(C)CCN(CCOCCN(CCOCCOCCOCCOCCOCCOCCOCCOCCC(C)=O)C(=O)CCOCCOCCOC)CC3)cc12. The van der Waals surface area contributed by atoms with Crippen molar-refractivity contribution >= 4 is 45.1 Å². The average Bonchev–Trinajstić information content (AvgIpc) is 3.82. The number of methoxy groups -OCH3 is 1. The fourth-order valence-corrected chi connectivity index (χ4v) is 7.67. The minimum Gasteiger partial charge on any atom is -0.382 e. The number of aryl methyl sites for hydroxylation is 1. The molecule has 21 heteroatoms. The number of ketones is 1. The van der Waals surface area contributed by atoms with Crippen LogP contribution in [-0.4, -0.2) is 248 Å². The molecule has 2 aromatic heterocycles. The maximum absolute atomic E-state index is 13.3. The van der Waals surface area contributed by atoms with E-state index < -0.39 is 0 Å². The number of hydrogen-bond donors (Lipinski definition) is 2. The molecule has 1 aliphatic rings. The Morgan fingerprint density at radius 2 is 1.12 bits per heavy atom. The number of amides is 1. The van der Waals surface area contributed by atoms with Crippen LogP contribution in [0, 0.1) is 0 Å². The molecule has 3 heterocycles. The third-order valence-corrected chi connectivity index (χ3v) is 12.1. The lowest BCUT2D eigenvalue weighted by Gasteiger charge is -2.41. The number of nitrogens with one attached hydrogen (secondary N) is 1. The number of carbonyl (C=O) groups excluding carboxylic acids is 2. The number of imidazole rings is 1. The number of anilines is 1. The lowest BCUT2D eigenvalue weighted by atomic mass is 10.1. The van der Waals surface area contributed by atoms with Crippen LogP contribution in [0.5, 0.6) is 0 Å². The van der Waals surface area contributed by atoms with Crippen molar-refractivity contribution in [1.29, 1.82) is 0 Å². The van der Waals surface area contributed by atoms with Crippen LogP contribution in [0.3, 0.4) is 0 Å². The number of benzene rings is 1. The van der Waals surface area contributed by atoms with Crippen LogP contribution < -0.4 is 10.2 Å². The Bertz CT molecular complexity index is 1890. The fourth-order valence-electron chi connectivity index (χ4n) is 7.67. The number of aromatic amines is 1. The van der Waals surface area contributed by atoms with E-state index in [1.807, 2.05) is 0 Å². The minimum absolute atomic E-state index is 0.0105. The van der Waals surface area contributed by atoms with Crippen LogP contribution in [0.25, 0.3) is 21.9 Å². The molecule has 72 heavy (non-hydrogen) atoms. The van der Waals surface area contributed by atoms with Gasteiger partial charge in [0.05, 0.1) is 184 Å². The molecule has 0 radical (unpaired) electrons. The minimum atomic E-state index is -0.0105. The largest absolute Gasteiger partial charge is 0.382 e. The monoisotopic (exact) mass is 1020 g/mol. The highest BCUT2D eigenvalue weighted by Crippen LogP contribution is 2.32. The van der Waals surface area contributed by atoms with E-state index in [0.29, 0.717) is 177 Å². The van der Waals surface area contributed by atoms with E-state index in [2.05, 4.69) is 42.1 Å². The van der Waals surface area contributed by atoms with E-state index in [0.717, 1.165) is 84.2 Å². The molecule has 410 valence electrons. The van der Waals surface area contributed by atoms with E-state index >= 15 is 0 Å². The Hall–Kier alpha value is -3.52. The predicted octanol–water partition coefficient (Wildman–Crippen LogP) is 3.32. The van der Waals surface area contributed by atoms with E-state index in [-0.39, 0.29) is 18.1 Å². The number of carbonyl (C=O) groups is 2. The molecule has 1 aliphatic heterocycles. The van der Waals surface area contributed by atoms with Gasteiger partial charge < -0.3 is 72.5 Å². The molecule has 0 saturated carbocycles. The zero-order chi connectivity index (χ0) is 51.3.